The Morgan fingerprint density at radius 1 is 0.920 bits per heavy atom. The van der Waals surface area contributed by atoms with Crippen molar-refractivity contribution in [1.29, 1.82) is 0 Å². The van der Waals surface area contributed by atoms with E-state index in [2.05, 4.69) is 21.2 Å². The third-order valence-corrected chi connectivity index (χ3v) is 4.06. The predicted molar refractivity (Wildman–Crippen MR) is 92.2 cm³/mol. The Balaban J connectivity index is 2.01. The molecule has 2 rings (SSSR count). The average molecular weight is 415 g/mol. The van der Waals surface area contributed by atoms with E-state index in [4.69, 9.17) is 0 Å². The molecule has 0 aliphatic heterocycles. The molecule has 4 nitrogen and oxygen atoms in total. The molecule has 0 saturated heterocycles. The molecule has 0 heterocycles. The number of aryl methyl sites for hydroxylation is 1. The Hall–Kier alpha value is -2.35. The van der Waals surface area contributed by atoms with Crippen molar-refractivity contribution in [2.24, 2.45) is 0 Å². The summed E-state index contributed by atoms with van der Waals surface area (Å²) in [5.74, 6) is -2.47. The largest absolute Gasteiger partial charge is 0.471 e. The van der Waals surface area contributed by atoms with Gasteiger partial charge in [0.15, 0.2) is 0 Å². The van der Waals surface area contributed by atoms with Crippen LogP contribution < -0.4 is 10.6 Å². The van der Waals surface area contributed by atoms with Crippen LogP contribution in [-0.4, -0.2) is 18.0 Å². The number of rotatable bonds is 5. The fraction of sp³-hybridized carbons (Fsp3) is 0.176. The highest BCUT2D eigenvalue weighted by molar-refractivity contribution is 9.10. The molecule has 0 aromatic heterocycles. The Labute approximate surface area is 150 Å². The van der Waals surface area contributed by atoms with Gasteiger partial charge >= 0.3 is 12.1 Å². The van der Waals surface area contributed by atoms with Gasteiger partial charge in [0.25, 0.3) is 0 Å². The number of carbonyl (C=O) groups excluding carboxylic acids is 2. The number of halogens is 4. The number of anilines is 2. The van der Waals surface area contributed by atoms with Crippen LogP contribution in [0.2, 0.25) is 0 Å². The summed E-state index contributed by atoms with van der Waals surface area (Å²) in [6.45, 7) is 0. The van der Waals surface area contributed by atoms with E-state index in [1.165, 1.54) is 18.2 Å². The molecule has 2 amide bonds. The smallest absolute Gasteiger partial charge is 0.324 e. The van der Waals surface area contributed by atoms with Gasteiger partial charge in [0, 0.05) is 10.9 Å². The van der Waals surface area contributed by atoms with Crippen LogP contribution in [0, 0.1) is 0 Å². The molecule has 0 atom stereocenters. The lowest BCUT2D eigenvalue weighted by Gasteiger charge is -2.13. The Morgan fingerprint density at radius 2 is 1.48 bits per heavy atom. The summed E-state index contributed by atoms with van der Waals surface area (Å²) in [6, 6.07) is 13.1. The van der Waals surface area contributed by atoms with Crippen LogP contribution in [-0.2, 0) is 16.0 Å². The quantitative estimate of drug-likeness (QED) is 0.755. The monoisotopic (exact) mass is 414 g/mol. The van der Waals surface area contributed by atoms with Gasteiger partial charge in [-0.15, -0.1) is 0 Å². The van der Waals surface area contributed by atoms with Gasteiger partial charge in [-0.2, -0.15) is 13.2 Å². The molecular weight excluding hydrogens is 401 g/mol. The number of benzene rings is 2. The van der Waals surface area contributed by atoms with E-state index < -0.39 is 12.1 Å². The second-order valence-electron chi connectivity index (χ2n) is 5.14. The van der Waals surface area contributed by atoms with Gasteiger partial charge in [0.1, 0.15) is 0 Å². The van der Waals surface area contributed by atoms with Crippen molar-refractivity contribution >= 4 is 39.1 Å². The molecule has 0 fully saturated rings. The van der Waals surface area contributed by atoms with Crippen LogP contribution in [0.15, 0.2) is 53.0 Å². The Morgan fingerprint density at radius 3 is 2.08 bits per heavy atom. The minimum absolute atomic E-state index is 0.109. The SMILES string of the molecule is O=C(CCc1ccccc1Br)Nc1ccccc1NC(=O)C(F)(F)F. The Kier molecular flexibility index (Phi) is 6.19. The summed E-state index contributed by atoms with van der Waals surface area (Å²) >= 11 is 3.38. The standard InChI is InChI=1S/C17H14BrF3N2O2/c18-12-6-2-1-5-11(12)9-10-15(24)22-13-7-3-4-8-14(13)23-16(25)17(19,20)21/h1-8H,9-10H2,(H,22,24)(H,23,25). The molecule has 0 radical (unpaired) electrons. The zero-order valence-corrected chi connectivity index (χ0v) is 14.4. The lowest BCUT2D eigenvalue weighted by molar-refractivity contribution is -0.167. The highest BCUT2D eigenvalue weighted by Gasteiger charge is 2.39. The molecule has 0 unspecified atom stereocenters. The summed E-state index contributed by atoms with van der Waals surface area (Å²) < 4.78 is 38.0. The van der Waals surface area contributed by atoms with Crippen LogP contribution in [0.1, 0.15) is 12.0 Å². The van der Waals surface area contributed by atoms with E-state index in [-0.39, 0.29) is 23.7 Å². The van der Waals surface area contributed by atoms with E-state index in [9.17, 15) is 22.8 Å². The van der Waals surface area contributed by atoms with Crippen molar-refractivity contribution in [3.8, 4) is 0 Å². The topological polar surface area (TPSA) is 58.2 Å². The summed E-state index contributed by atoms with van der Waals surface area (Å²) in [5.41, 5.74) is 0.938. The molecule has 8 heteroatoms. The van der Waals surface area contributed by atoms with Crippen LogP contribution in [0.25, 0.3) is 0 Å². The molecule has 0 spiro atoms. The van der Waals surface area contributed by atoms with Gasteiger partial charge in [0.05, 0.1) is 11.4 Å². The summed E-state index contributed by atoms with van der Waals surface area (Å²) in [4.78, 5) is 23.1. The van der Waals surface area contributed by atoms with Crippen molar-refractivity contribution in [1.82, 2.24) is 0 Å². The highest BCUT2D eigenvalue weighted by atomic mass is 79.9. The molecule has 2 aromatic carbocycles. The van der Waals surface area contributed by atoms with Crippen LogP contribution in [0.4, 0.5) is 24.5 Å². The molecule has 0 aliphatic carbocycles. The van der Waals surface area contributed by atoms with E-state index in [1.807, 2.05) is 24.3 Å². The second-order valence-corrected chi connectivity index (χ2v) is 5.99. The maximum absolute atomic E-state index is 12.4. The minimum Gasteiger partial charge on any atom is -0.324 e. The first-order valence-corrected chi connectivity index (χ1v) is 8.07. The van der Waals surface area contributed by atoms with E-state index in [0.29, 0.717) is 6.42 Å². The fourth-order valence-electron chi connectivity index (χ4n) is 2.06. The normalized spacial score (nSPS) is 11.0. The number of hydrogen-bond acceptors (Lipinski definition) is 2. The maximum atomic E-state index is 12.4. The van der Waals surface area contributed by atoms with Crippen molar-refractivity contribution in [3.05, 3.63) is 58.6 Å². The molecule has 0 bridgehead atoms. The first kappa shape index (κ1) is 19.0. The van der Waals surface area contributed by atoms with E-state index >= 15 is 0 Å². The van der Waals surface area contributed by atoms with Crippen molar-refractivity contribution in [2.75, 3.05) is 10.6 Å². The minimum atomic E-state index is -5.00. The molecule has 132 valence electrons. The van der Waals surface area contributed by atoms with Crippen molar-refractivity contribution < 1.29 is 22.8 Å². The van der Waals surface area contributed by atoms with Gasteiger partial charge in [-0.05, 0) is 30.2 Å². The van der Waals surface area contributed by atoms with Gasteiger partial charge in [-0.25, -0.2) is 0 Å². The van der Waals surface area contributed by atoms with E-state index in [0.717, 1.165) is 10.0 Å². The zero-order chi connectivity index (χ0) is 18.4. The number of amides is 2. The highest BCUT2D eigenvalue weighted by Crippen LogP contribution is 2.25. The second kappa shape index (κ2) is 8.15. The van der Waals surface area contributed by atoms with Gasteiger partial charge < -0.3 is 10.6 Å². The molecule has 25 heavy (non-hydrogen) atoms. The van der Waals surface area contributed by atoms with Gasteiger partial charge in [0.2, 0.25) is 5.91 Å². The molecule has 0 saturated carbocycles. The fourth-order valence-corrected chi connectivity index (χ4v) is 2.54. The van der Waals surface area contributed by atoms with Crippen molar-refractivity contribution in [2.45, 2.75) is 19.0 Å². The predicted octanol–water partition coefficient (Wildman–Crippen LogP) is 4.52. The van der Waals surface area contributed by atoms with Crippen molar-refractivity contribution in [3.63, 3.8) is 0 Å². The lowest BCUT2D eigenvalue weighted by atomic mass is 10.1. The number of nitrogens with one attached hydrogen (secondary N) is 2. The van der Waals surface area contributed by atoms with E-state index in [1.54, 1.807) is 11.4 Å². The molecular formula is C17H14BrF3N2O2. The first-order valence-electron chi connectivity index (χ1n) is 7.28. The average Bonchev–Trinajstić information content (AvgIpc) is 2.55. The first-order chi connectivity index (χ1) is 11.8. The molecule has 2 N–H and O–H groups in total. The molecule has 2 aromatic rings. The third kappa shape index (κ3) is 5.60. The van der Waals surface area contributed by atoms with Gasteiger partial charge in [-0.3, -0.25) is 9.59 Å². The third-order valence-electron chi connectivity index (χ3n) is 3.29. The molecule has 0 aliphatic rings. The lowest BCUT2D eigenvalue weighted by Crippen LogP contribution is -2.30. The number of hydrogen-bond donors (Lipinski definition) is 2. The zero-order valence-electron chi connectivity index (χ0n) is 12.9. The van der Waals surface area contributed by atoms with Crippen LogP contribution in [0.5, 0.6) is 0 Å². The van der Waals surface area contributed by atoms with Crippen LogP contribution in [0.3, 0.4) is 0 Å². The number of para-hydroxylation sites is 2. The number of alkyl halides is 3. The summed E-state index contributed by atoms with van der Waals surface area (Å²) in [7, 11) is 0. The summed E-state index contributed by atoms with van der Waals surface area (Å²) in [6.07, 6.45) is -4.40. The maximum Gasteiger partial charge on any atom is 0.471 e. The Bertz CT molecular complexity index is 778. The van der Waals surface area contributed by atoms with Gasteiger partial charge in [-0.1, -0.05) is 46.3 Å². The summed E-state index contributed by atoms with van der Waals surface area (Å²) in [5, 5.41) is 4.27. The van der Waals surface area contributed by atoms with Crippen LogP contribution >= 0.6 is 15.9 Å². The number of carbonyl (C=O) groups is 2.